The first-order valence-electron chi connectivity index (χ1n) is 16.0. The Kier molecular flexibility index (Phi) is 11.5. The van der Waals surface area contributed by atoms with Gasteiger partial charge in [-0.15, -0.1) is 0 Å². The number of ether oxygens (including phenoxy) is 2. The summed E-state index contributed by atoms with van der Waals surface area (Å²) in [5, 5.41) is 39.6. The molecule has 0 bridgehead atoms. The van der Waals surface area contributed by atoms with Gasteiger partial charge in [-0.3, -0.25) is 28.8 Å². The molecule has 1 aliphatic rings. The molecule has 4 N–H and O–H groups in total. The molecule has 4 aromatic carbocycles. The number of aliphatic carboxylic acids is 4. The molecule has 268 valence electrons. The largest absolute Gasteiger partial charge is 0.481 e. The maximum Gasteiger partial charge on any atom is 0.323 e. The van der Waals surface area contributed by atoms with Crippen molar-refractivity contribution in [1.29, 1.82) is 0 Å². The molecule has 14 heteroatoms. The van der Waals surface area contributed by atoms with Crippen LogP contribution in [0.4, 0.5) is 0 Å². The van der Waals surface area contributed by atoms with Gasteiger partial charge in [0.05, 0.1) is 23.7 Å². The molecule has 0 heterocycles. The number of carboxylic acids is 4. The lowest BCUT2D eigenvalue weighted by Gasteiger charge is -2.48. The normalized spacial score (nSPS) is 17.5. The van der Waals surface area contributed by atoms with Gasteiger partial charge >= 0.3 is 23.9 Å². The van der Waals surface area contributed by atoms with E-state index in [4.69, 9.17) is 9.47 Å². The van der Waals surface area contributed by atoms with E-state index in [1.54, 1.807) is 97.1 Å². The zero-order valence-corrected chi connectivity index (χ0v) is 27.5. The second-order valence-electron chi connectivity index (χ2n) is 12.1. The van der Waals surface area contributed by atoms with Crippen molar-refractivity contribution in [3.63, 3.8) is 0 Å². The lowest BCUT2D eigenvalue weighted by molar-refractivity contribution is -0.188. The Morgan fingerprint density at radius 2 is 0.750 bits per heavy atom. The smallest absolute Gasteiger partial charge is 0.323 e. The van der Waals surface area contributed by atoms with E-state index in [9.17, 15) is 49.2 Å². The Balaban J connectivity index is 1.35. The number of hydrogen-bond donors (Lipinski definition) is 4. The van der Waals surface area contributed by atoms with Crippen LogP contribution in [0.25, 0.3) is 0 Å². The van der Waals surface area contributed by atoms with Crippen LogP contribution in [0.2, 0.25) is 0 Å². The van der Waals surface area contributed by atoms with Crippen molar-refractivity contribution in [3.8, 4) is 23.0 Å². The van der Waals surface area contributed by atoms with Crippen LogP contribution in [0.1, 0.15) is 11.1 Å². The fourth-order valence-electron chi connectivity index (χ4n) is 6.16. The van der Waals surface area contributed by atoms with E-state index in [0.717, 1.165) is 9.80 Å². The van der Waals surface area contributed by atoms with Crippen molar-refractivity contribution in [2.45, 2.75) is 13.1 Å². The predicted octanol–water partition coefficient (Wildman–Crippen LogP) is 4.45. The molecule has 4 aromatic rings. The lowest BCUT2D eigenvalue weighted by Crippen LogP contribution is -2.64. The third-order valence-corrected chi connectivity index (χ3v) is 8.52. The molecule has 0 radical (unpaired) electrons. The molecule has 1 aliphatic carbocycles. The minimum absolute atomic E-state index is 0.320. The van der Waals surface area contributed by atoms with Gasteiger partial charge in [0.1, 0.15) is 36.1 Å². The molecular weight excluding hydrogens is 676 g/mol. The van der Waals surface area contributed by atoms with Gasteiger partial charge in [-0.25, -0.2) is 0 Å². The number of para-hydroxylation sites is 2. The molecule has 1 saturated carbocycles. The van der Waals surface area contributed by atoms with E-state index in [1.165, 1.54) is 0 Å². The first-order valence-corrected chi connectivity index (χ1v) is 16.0. The summed E-state index contributed by atoms with van der Waals surface area (Å²) >= 11 is 0. The minimum atomic E-state index is -1.88. The molecular formula is C38H34N2O12. The highest BCUT2D eigenvalue weighted by molar-refractivity contribution is 6.00. The summed E-state index contributed by atoms with van der Waals surface area (Å²) < 4.78 is 11.5. The first kappa shape index (κ1) is 36.6. The van der Waals surface area contributed by atoms with Gasteiger partial charge in [0, 0.05) is 13.1 Å². The summed E-state index contributed by atoms with van der Waals surface area (Å²) in [4.78, 5) is 78.1. The fourth-order valence-corrected chi connectivity index (χ4v) is 6.16. The van der Waals surface area contributed by atoms with Gasteiger partial charge in [-0.1, -0.05) is 60.7 Å². The Hall–Kier alpha value is -6.70. The van der Waals surface area contributed by atoms with Crippen LogP contribution in [0.5, 0.6) is 23.0 Å². The molecule has 0 aliphatic heterocycles. The average molecular weight is 711 g/mol. The van der Waals surface area contributed by atoms with Gasteiger partial charge in [0.15, 0.2) is 0 Å². The molecule has 5 rings (SSSR count). The van der Waals surface area contributed by atoms with E-state index in [0.29, 0.717) is 34.1 Å². The zero-order chi connectivity index (χ0) is 37.4. The number of carboxylic acid groups (broad SMARTS) is 4. The van der Waals surface area contributed by atoms with Crippen LogP contribution in [0.15, 0.2) is 109 Å². The van der Waals surface area contributed by atoms with Crippen LogP contribution >= 0.6 is 0 Å². The van der Waals surface area contributed by atoms with Crippen LogP contribution in [-0.2, 0) is 41.9 Å². The monoisotopic (exact) mass is 710 g/mol. The topological polar surface area (TPSA) is 208 Å². The Morgan fingerprint density at radius 1 is 0.442 bits per heavy atom. The average Bonchev–Trinajstić information content (AvgIpc) is 3.09. The van der Waals surface area contributed by atoms with Crippen LogP contribution in [0, 0.1) is 23.7 Å². The van der Waals surface area contributed by atoms with Gasteiger partial charge < -0.3 is 39.7 Å². The van der Waals surface area contributed by atoms with Crippen LogP contribution < -0.4 is 9.47 Å². The highest BCUT2D eigenvalue weighted by Crippen LogP contribution is 2.49. The predicted molar refractivity (Wildman–Crippen MR) is 181 cm³/mol. The molecule has 0 atom stereocenters. The van der Waals surface area contributed by atoms with E-state index >= 15 is 0 Å². The highest BCUT2D eigenvalue weighted by atomic mass is 16.5. The lowest BCUT2D eigenvalue weighted by atomic mass is 9.55. The number of carbonyl (C=O) groups is 6. The number of hydrogen-bond acceptors (Lipinski definition) is 8. The van der Waals surface area contributed by atoms with Crippen molar-refractivity contribution >= 4 is 35.7 Å². The number of carbonyl (C=O) groups excluding carboxylic acids is 2. The van der Waals surface area contributed by atoms with Crippen molar-refractivity contribution in [3.05, 3.63) is 120 Å². The van der Waals surface area contributed by atoms with E-state index in [2.05, 4.69) is 0 Å². The maximum atomic E-state index is 13.9. The third-order valence-electron chi connectivity index (χ3n) is 8.52. The molecule has 1 fully saturated rings. The summed E-state index contributed by atoms with van der Waals surface area (Å²) in [6.45, 7) is -2.41. The molecule has 0 aromatic heterocycles. The number of benzene rings is 4. The van der Waals surface area contributed by atoms with Gasteiger partial charge in [-0.2, -0.15) is 0 Å². The van der Waals surface area contributed by atoms with Crippen molar-refractivity contribution in [2.75, 3.05) is 13.1 Å². The van der Waals surface area contributed by atoms with Crippen molar-refractivity contribution in [2.24, 2.45) is 23.7 Å². The molecule has 0 saturated heterocycles. The summed E-state index contributed by atoms with van der Waals surface area (Å²) in [6, 6.07) is 30.4. The quantitative estimate of drug-likeness (QED) is 0.127. The molecule has 0 spiro atoms. The third kappa shape index (κ3) is 8.90. The Bertz CT molecular complexity index is 1770. The van der Waals surface area contributed by atoms with Gasteiger partial charge in [-0.05, 0) is 59.7 Å². The van der Waals surface area contributed by atoms with Gasteiger partial charge in [0.2, 0.25) is 11.8 Å². The summed E-state index contributed by atoms with van der Waals surface area (Å²) in [6.07, 6.45) is 0. The second-order valence-corrected chi connectivity index (χ2v) is 12.1. The van der Waals surface area contributed by atoms with Crippen molar-refractivity contribution < 1.29 is 58.7 Å². The van der Waals surface area contributed by atoms with Crippen LogP contribution in [0.3, 0.4) is 0 Å². The number of amides is 2. The second kappa shape index (κ2) is 16.3. The first-order chi connectivity index (χ1) is 24.9. The maximum absolute atomic E-state index is 13.9. The standard InChI is InChI=1S/C38H34N2O12/c41-29(42)21-39(19-23-11-15-27(16-12-23)51-25-7-3-1-4-8-25)35(45)31-33(37(47)48)32(34(31)38(49)50)36(46)40(22-30(43)44)20-24-13-17-28(18-14-24)52-26-9-5-2-6-10-26/h1-18,31-34H,19-22H2,(H,41,42)(H,43,44)(H,47,48)(H,49,50)/t31-,32-,33-,34-. The van der Waals surface area contributed by atoms with E-state index in [1.807, 2.05) is 12.1 Å². The van der Waals surface area contributed by atoms with E-state index in [-0.39, 0.29) is 13.1 Å². The summed E-state index contributed by atoms with van der Waals surface area (Å²) in [7, 11) is 0. The molecule has 14 nitrogen and oxygen atoms in total. The zero-order valence-electron chi connectivity index (χ0n) is 27.5. The number of rotatable bonds is 16. The Labute approximate surface area is 297 Å². The summed E-state index contributed by atoms with van der Waals surface area (Å²) in [5.74, 6) is -13.7. The SMILES string of the molecule is O=C(O)CN(Cc1ccc(Oc2ccccc2)cc1)C(=O)[C@H]1[C@H](C(=O)O)[C@H](C(=O)N(CC(=O)O)Cc2ccc(Oc3ccccc3)cc2)[C@H]1C(=O)O. The molecule has 0 unspecified atom stereocenters. The fraction of sp³-hybridized carbons (Fsp3) is 0.211. The highest BCUT2D eigenvalue weighted by Gasteiger charge is 2.65. The summed E-state index contributed by atoms with van der Waals surface area (Å²) in [5.41, 5.74) is 0.877. The van der Waals surface area contributed by atoms with Gasteiger partial charge in [0.25, 0.3) is 0 Å². The van der Waals surface area contributed by atoms with Crippen molar-refractivity contribution in [1.82, 2.24) is 9.80 Å². The minimum Gasteiger partial charge on any atom is -0.481 e. The Morgan fingerprint density at radius 3 is 1.04 bits per heavy atom. The molecule has 52 heavy (non-hydrogen) atoms. The number of nitrogens with zero attached hydrogens (tertiary/aromatic N) is 2. The molecule has 2 amide bonds. The van der Waals surface area contributed by atoms with E-state index < -0.39 is 72.5 Å². The van der Waals surface area contributed by atoms with Crippen LogP contribution in [-0.4, -0.2) is 79.0 Å².